The fourth-order valence-corrected chi connectivity index (χ4v) is 1.26. The lowest BCUT2D eigenvalue weighted by Crippen LogP contribution is -2.00. The van der Waals surface area contributed by atoms with Crippen LogP contribution in [0.15, 0.2) is 23.1 Å². The van der Waals surface area contributed by atoms with Crippen LogP contribution in [0, 0.1) is 0 Å². The summed E-state index contributed by atoms with van der Waals surface area (Å²) >= 11 is 4.15. The van der Waals surface area contributed by atoms with Gasteiger partial charge in [-0.3, -0.25) is 4.79 Å². The predicted octanol–water partition coefficient (Wildman–Crippen LogP) is 1.61. The molecule has 0 atom stereocenters. The molecule has 1 aromatic carbocycles. The first-order chi connectivity index (χ1) is 6.13. The fourth-order valence-electron chi connectivity index (χ4n) is 0.983. The highest BCUT2D eigenvalue weighted by atomic mass is 32.1. The molecule has 3 nitrogen and oxygen atoms in total. The van der Waals surface area contributed by atoms with Gasteiger partial charge in [-0.1, -0.05) is 6.07 Å². The molecule has 1 aromatic rings. The summed E-state index contributed by atoms with van der Waals surface area (Å²) < 4.78 is 4.96. The van der Waals surface area contributed by atoms with E-state index in [0.29, 0.717) is 16.2 Å². The Bertz CT molecular complexity index is 323. The van der Waals surface area contributed by atoms with Crippen LogP contribution >= 0.6 is 12.6 Å². The summed E-state index contributed by atoms with van der Waals surface area (Å²) in [5.74, 6) is -0.181. The number of methoxy groups -OCH3 is 1. The lowest BCUT2D eigenvalue weighted by molar-refractivity contribution is -0.136. The number of hydrogen-bond acceptors (Lipinski definition) is 3. The van der Waals surface area contributed by atoms with E-state index < -0.39 is 5.97 Å². The van der Waals surface area contributed by atoms with Gasteiger partial charge in [0.25, 0.3) is 0 Å². The average Bonchev–Trinajstić information content (AvgIpc) is 2.08. The molecule has 0 saturated carbocycles. The van der Waals surface area contributed by atoms with Gasteiger partial charge in [-0.15, -0.1) is 12.6 Å². The van der Waals surface area contributed by atoms with Gasteiger partial charge in [0.2, 0.25) is 0 Å². The molecule has 0 unspecified atom stereocenters. The minimum absolute atomic E-state index is 0.0111. The molecule has 1 rings (SSSR count). The van der Waals surface area contributed by atoms with Crippen LogP contribution in [-0.4, -0.2) is 18.2 Å². The van der Waals surface area contributed by atoms with Gasteiger partial charge in [0.1, 0.15) is 5.75 Å². The molecule has 0 heterocycles. The maximum Gasteiger partial charge on any atom is 0.307 e. The van der Waals surface area contributed by atoms with Gasteiger partial charge >= 0.3 is 5.97 Å². The maximum absolute atomic E-state index is 10.4. The largest absolute Gasteiger partial charge is 0.497 e. The van der Waals surface area contributed by atoms with Crippen LogP contribution in [0.4, 0.5) is 0 Å². The van der Waals surface area contributed by atoms with Crippen molar-refractivity contribution in [1.29, 1.82) is 0 Å². The summed E-state index contributed by atoms with van der Waals surface area (Å²) in [6.45, 7) is 0. The zero-order chi connectivity index (χ0) is 9.84. The normalized spacial score (nSPS) is 9.69. The van der Waals surface area contributed by atoms with E-state index in [1.807, 2.05) is 0 Å². The van der Waals surface area contributed by atoms with Crippen molar-refractivity contribution < 1.29 is 14.6 Å². The number of benzene rings is 1. The van der Waals surface area contributed by atoms with Crippen molar-refractivity contribution in [1.82, 2.24) is 0 Å². The molecule has 0 fully saturated rings. The van der Waals surface area contributed by atoms with Crippen LogP contribution in [-0.2, 0) is 11.2 Å². The minimum atomic E-state index is -0.861. The SMILES string of the molecule is COc1ccc(CC(=O)O)c(S)c1. The van der Waals surface area contributed by atoms with Gasteiger partial charge in [-0.25, -0.2) is 0 Å². The Morgan fingerprint density at radius 2 is 2.31 bits per heavy atom. The Labute approximate surface area is 81.8 Å². The molecule has 0 aromatic heterocycles. The quantitative estimate of drug-likeness (QED) is 0.725. The van der Waals surface area contributed by atoms with Crippen LogP contribution < -0.4 is 4.74 Å². The first-order valence-electron chi connectivity index (χ1n) is 3.71. The second-order valence-corrected chi connectivity index (χ2v) is 3.05. The molecule has 0 bridgehead atoms. The first kappa shape index (κ1) is 9.92. The molecule has 0 aliphatic heterocycles. The van der Waals surface area contributed by atoms with Crippen LogP contribution in [0.25, 0.3) is 0 Å². The summed E-state index contributed by atoms with van der Waals surface area (Å²) in [4.78, 5) is 11.1. The Hall–Kier alpha value is -1.16. The zero-order valence-corrected chi connectivity index (χ0v) is 8.04. The van der Waals surface area contributed by atoms with Crippen LogP contribution in [0.2, 0.25) is 0 Å². The highest BCUT2D eigenvalue weighted by molar-refractivity contribution is 7.80. The van der Waals surface area contributed by atoms with Crippen LogP contribution in [0.3, 0.4) is 0 Å². The zero-order valence-electron chi connectivity index (χ0n) is 7.15. The lowest BCUT2D eigenvalue weighted by atomic mass is 10.1. The molecule has 0 amide bonds. The van der Waals surface area contributed by atoms with E-state index >= 15 is 0 Å². The third-order valence-electron chi connectivity index (χ3n) is 1.63. The van der Waals surface area contributed by atoms with Crippen molar-refractivity contribution in [2.75, 3.05) is 7.11 Å². The number of carbonyl (C=O) groups is 1. The van der Waals surface area contributed by atoms with E-state index in [1.54, 1.807) is 25.3 Å². The van der Waals surface area contributed by atoms with E-state index in [4.69, 9.17) is 9.84 Å². The van der Waals surface area contributed by atoms with Gasteiger partial charge in [0.05, 0.1) is 13.5 Å². The fraction of sp³-hybridized carbons (Fsp3) is 0.222. The molecule has 0 radical (unpaired) electrons. The van der Waals surface area contributed by atoms with Crippen molar-refractivity contribution >= 4 is 18.6 Å². The number of hydrogen-bond donors (Lipinski definition) is 2. The second-order valence-electron chi connectivity index (χ2n) is 2.57. The predicted molar refractivity (Wildman–Crippen MR) is 51.6 cm³/mol. The van der Waals surface area contributed by atoms with Crippen molar-refractivity contribution in [3.63, 3.8) is 0 Å². The van der Waals surface area contributed by atoms with Crippen molar-refractivity contribution in [3.8, 4) is 5.75 Å². The van der Waals surface area contributed by atoms with Crippen molar-refractivity contribution in [2.45, 2.75) is 11.3 Å². The minimum Gasteiger partial charge on any atom is -0.497 e. The van der Waals surface area contributed by atoms with Gasteiger partial charge in [-0.05, 0) is 17.7 Å². The van der Waals surface area contributed by atoms with E-state index in [1.165, 1.54) is 0 Å². The first-order valence-corrected chi connectivity index (χ1v) is 4.16. The summed E-state index contributed by atoms with van der Waals surface area (Å²) in [5, 5.41) is 8.55. The van der Waals surface area contributed by atoms with Gasteiger partial charge in [0.15, 0.2) is 0 Å². The third-order valence-corrected chi connectivity index (χ3v) is 2.05. The van der Waals surface area contributed by atoms with Gasteiger partial charge < -0.3 is 9.84 Å². The topological polar surface area (TPSA) is 46.5 Å². The number of aliphatic carboxylic acids is 1. The Morgan fingerprint density at radius 1 is 1.62 bits per heavy atom. The molecule has 0 aliphatic rings. The number of ether oxygens (including phenoxy) is 1. The molecular weight excluding hydrogens is 188 g/mol. The van der Waals surface area contributed by atoms with E-state index in [9.17, 15) is 4.79 Å². The number of carboxylic acid groups (broad SMARTS) is 1. The number of carboxylic acids is 1. The molecule has 0 aliphatic carbocycles. The monoisotopic (exact) mass is 198 g/mol. The standard InChI is InChI=1S/C9H10O3S/c1-12-7-3-2-6(4-9(10)11)8(13)5-7/h2-3,5,13H,4H2,1H3,(H,10,11). The van der Waals surface area contributed by atoms with E-state index in [0.717, 1.165) is 0 Å². The lowest BCUT2D eigenvalue weighted by Gasteiger charge is -2.04. The highest BCUT2D eigenvalue weighted by Gasteiger charge is 2.04. The number of rotatable bonds is 3. The molecule has 1 N–H and O–H groups in total. The van der Waals surface area contributed by atoms with E-state index in [2.05, 4.69) is 12.6 Å². The third kappa shape index (κ3) is 2.66. The molecule has 0 spiro atoms. The van der Waals surface area contributed by atoms with E-state index in [-0.39, 0.29) is 6.42 Å². The van der Waals surface area contributed by atoms with Gasteiger partial charge in [-0.2, -0.15) is 0 Å². The summed E-state index contributed by atoms with van der Waals surface area (Å²) in [5.41, 5.74) is 0.691. The molecular formula is C9H10O3S. The maximum atomic E-state index is 10.4. The Morgan fingerprint density at radius 3 is 2.77 bits per heavy atom. The Balaban J connectivity index is 2.91. The highest BCUT2D eigenvalue weighted by Crippen LogP contribution is 2.21. The smallest absolute Gasteiger partial charge is 0.307 e. The summed E-state index contributed by atoms with van der Waals surface area (Å²) in [7, 11) is 1.55. The van der Waals surface area contributed by atoms with Crippen molar-refractivity contribution in [2.24, 2.45) is 0 Å². The van der Waals surface area contributed by atoms with Crippen molar-refractivity contribution in [3.05, 3.63) is 23.8 Å². The average molecular weight is 198 g/mol. The van der Waals surface area contributed by atoms with Gasteiger partial charge in [0, 0.05) is 4.90 Å². The van der Waals surface area contributed by atoms with Crippen LogP contribution in [0.5, 0.6) is 5.75 Å². The molecule has 70 valence electrons. The Kier molecular flexibility index (Phi) is 3.19. The summed E-state index contributed by atoms with van der Waals surface area (Å²) in [6.07, 6.45) is -0.0111. The second kappa shape index (κ2) is 4.18. The van der Waals surface area contributed by atoms with Crippen LogP contribution in [0.1, 0.15) is 5.56 Å². The molecule has 0 saturated heterocycles. The molecule has 13 heavy (non-hydrogen) atoms. The summed E-state index contributed by atoms with van der Waals surface area (Å²) in [6, 6.07) is 5.12. The molecule has 4 heteroatoms. The number of thiol groups is 1.